The van der Waals surface area contributed by atoms with Gasteiger partial charge in [0.15, 0.2) is 0 Å². The van der Waals surface area contributed by atoms with E-state index in [0.717, 1.165) is 29.3 Å². The van der Waals surface area contributed by atoms with E-state index in [0.29, 0.717) is 5.56 Å². The van der Waals surface area contributed by atoms with Gasteiger partial charge in [-0.1, -0.05) is 0 Å². The van der Waals surface area contributed by atoms with Gasteiger partial charge < -0.3 is 0 Å². The number of hydrogen-bond donors (Lipinski definition) is 1. The van der Waals surface area contributed by atoms with E-state index in [1.54, 1.807) is 12.1 Å². The zero-order valence-corrected chi connectivity index (χ0v) is 9.57. The third-order valence-electron chi connectivity index (χ3n) is 2.19. The Bertz CT molecular complexity index is 350. The molecule has 0 aliphatic heterocycles. The Balaban J connectivity index is 3.03. The third-order valence-corrected chi connectivity index (χ3v) is 2.71. The zero-order chi connectivity index (χ0) is 11.3. The topological polar surface area (TPSA) is 46.5 Å². The molecule has 1 rings (SSSR count). The standard InChI is InChI=1S/C11H13O3.Fe/c1-2-3-6-9-7-4-5-8-10(9)11(12)14-13;/h4-5,8,13H,2-3,6H2,1H3;. The second kappa shape index (κ2) is 5.91. The van der Waals surface area contributed by atoms with Crippen LogP contribution >= 0.6 is 0 Å². The molecule has 1 aromatic rings. The maximum absolute atomic E-state index is 11.2. The second-order valence-corrected chi connectivity index (χ2v) is 3.83. The number of rotatable bonds is 4. The van der Waals surface area contributed by atoms with Crippen LogP contribution in [0.5, 0.6) is 0 Å². The van der Waals surface area contributed by atoms with Gasteiger partial charge >= 0.3 is 96.9 Å². The molecule has 1 N–H and O–H groups in total. The molecule has 0 aromatic heterocycles. The fraction of sp³-hybridized carbons (Fsp3) is 0.364. The van der Waals surface area contributed by atoms with E-state index >= 15 is 0 Å². The molecule has 0 fully saturated rings. The van der Waals surface area contributed by atoms with E-state index in [1.165, 1.54) is 0 Å². The van der Waals surface area contributed by atoms with Crippen LogP contribution in [0.4, 0.5) is 0 Å². The van der Waals surface area contributed by atoms with Crippen LogP contribution in [0, 0.1) is 0 Å². The van der Waals surface area contributed by atoms with Crippen molar-refractivity contribution in [2.24, 2.45) is 0 Å². The van der Waals surface area contributed by atoms with E-state index in [1.807, 2.05) is 6.07 Å². The van der Waals surface area contributed by atoms with Gasteiger partial charge in [-0.25, -0.2) is 0 Å². The van der Waals surface area contributed by atoms with Gasteiger partial charge in [-0.2, -0.15) is 0 Å². The van der Waals surface area contributed by atoms with Crippen molar-refractivity contribution in [1.82, 2.24) is 0 Å². The predicted octanol–water partition coefficient (Wildman–Crippen LogP) is 1.83. The first kappa shape index (κ1) is 12.2. The summed E-state index contributed by atoms with van der Waals surface area (Å²) in [5.41, 5.74) is 1.26. The van der Waals surface area contributed by atoms with E-state index in [9.17, 15) is 4.79 Å². The minimum absolute atomic E-state index is 0.401. The third kappa shape index (κ3) is 3.06. The van der Waals surface area contributed by atoms with Crippen LogP contribution < -0.4 is 4.46 Å². The molecule has 0 bridgehead atoms. The predicted molar refractivity (Wildman–Crippen MR) is 52.7 cm³/mol. The average Bonchev–Trinajstić information content (AvgIpc) is 2.26. The van der Waals surface area contributed by atoms with Crippen molar-refractivity contribution < 1.29 is 31.0 Å². The Labute approximate surface area is 97.2 Å². The number of carbonyl (C=O) groups is 1. The maximum atomic E-state index is 11.2. The second-order valence-electron chi connectivity index (χ2n) is 3.24. The van der Waals surface area contributed by atoms with Crippen molar-refractivity contribution in [3.8, 4) is 0 Å². The molecule has 1 aromatic carbocycles. The summed E-state index contributed by atoms with van der Waals surface area (Å²) in [4.78, 5) is 15.0. The first-order valence-corrected chi connectivity index (χ1v) is 5.37. The first-order valence-electron chi connectivity index (χ1n) is 4.82. The monoisotopic (exact) mass is 249 g/mol. The van der Waals surface area contributed by atoms with Crippen LogP contribution in [0.15, 0.2) is 18.2 Å². The quantitative estimate of drug-likeness (QED) is 0.503. The summed E-state index contributed by atoms with van der Waals surface area (Å²) in [5.74, 6) is -0.716. The summed E-state index contributed by atoms with van der Waals surface area (Å²) in [6.07, 6.45) is 2.81. The van der Waals surface area contributed by atoms with Gasteiger partial charge in [0.2, 0.25) is 0 Å². The van der Waals surface area contributed by atoms with Crippen molar-refractivity contribution in [2.75, 3.05) is 0 Å². The van der Waals surface area contributed by atoms with E-state index in [-0.39, 0.29) is 0 Å². The van der Waals surface area contributed by atoms with Crippen LogP contribution in [0.1, 0.15) is 35.7 Å². The summed E-state index contributed by atoms with van der Waals surface area (Å²) < 4.78 is 0.811. The molecule has 83 valence electrons. The Morgan fingerprint density at radius 2 is 2.27 bits per heavy atom. The normalized spacial score (nSPS) is 10.1. The van der Waals surface area contributed by atoms with Crippen LogP contribution in [-0.2, 0) is 27.3 Å². The molecule has 0 aliphatic carbocycles. The Hall–Kier alpha value is -0.831. The molecule has 0 aliphatic rings. The van der Waals surface area contributed by atoms with Crippen molar-refractivity contribution >= 4 is 10.4 Å². The number of carbonyl (C=O) groups excluding carboxylic acids is 1. The summed E-state index contributed by atoms with van der Waals surface area (Å²) in [5, 5.41) is 8.36. The van der Waals surface area contributed by atoms with Crippen molar-refractivity contribution in [1.29, 1.82) is 0 Å². The number of hydrogen-bond acceptors (Lipinski definition) is 3. The van der Waals surface area contributed by atoms with E-state index < -0.39 is 5.97 Å². The molecule has 0 radical (unpaired) electrons. The van der Waals surface area contributed by atoms with Crippen LogP contribution in [0.2, 0.25) is 0 Å². The summed E-state index contributed by atoms with van der Waals surface area (Å²) in [6.45, 7) is 2.08. The van der Waals surface area contributed by atoms with Crippen LogP contribution in [0.25, 0.3) is 0 Å². The molecular weight excluding hydrogens is 236 g/mol. The van der Waals surface area contributed by atoms with Crippen LogP contribution in [-0.4, -0.2) is 11.2 Å². The van der Waals surface area contributed by atoms with Crippen molar-refractivity contribution in [2.45, 2.75) is 26.2 Å². The molecule has 3 nitrogen and oxygen atoms in total. The number of unbranched alkanes of at least 4 members (excludes halogenated alkanes) is 1. The molecule has 4 heteroatoms. The first-order chi connectivity index (χ1) is 7.20. The van der Waals surface area contributed by atoms with Crippen molar-refractivity contribution in [3.63, 3.8) is 0 Å². The van der Waals surface area contributed by atoms with Gasteiger partial charge in [-0.05, 0) is 0 Å². The summed E-state index contributed by atoms with van der Waals surface area (Å²) in [7, 11) is 0. The van der Waals surface area contributed by atoms with Gasteiger partial charge in [-0.3, -0.25) is 0 Å². The van der Waals surface area contributed by atoms with Gasteiger partial charge in [-0.15, -0.1) is 0 Å². The fourth-order valence-corrected chi connectivity index (χ4v) is 1.79. The van der Waals surface area contributed by atoms with Crippen LogP contribution in [0.3, 0.4) is 0 Å². The Morgan fingerprint density at radius 3 is 2.87 bits per heavy atom. The minimum atomic E-state index is -0.716. The molecule has 0 spiro atoms. The molecule has 0 heterocycles. The molecule has 0 amide bonds. The zero-order valence-electron chi connectivity index (χ0n) is 8.47. The molecule has 0 saturated carbocycles. The van der Waals surface area contributed by atoms with Gasteiger partial charge in [0.25, 0.3) is 0 Å². The molecular formula is C11H13FeO3. The Kier molecular flexibility index (Phi) is 4.82. The molecule has 0 atom stereocenters. The SMILES string of the molecule is CCCCc1[c]([Fe])cccc1C(=O)OO. The van der Waals surface area contributed by atoms with Gasteiger partial charge in [0.05, 0.1) is 0 Å². The molecule has 0 saturated heterocycles. The Morgan fingerprint density at radius 1 is 1.53 bits per heavy atom. The summed E-state index contributed by atoms with van der Waals surface area (Å²) >= 11 is 3.86. The van der Waals surface area contributed by atoms with E-state index in [2.05, 4.69) is 27.8 Å². The van der Waals surface area contributed by atoms with Gasteiger partial charge in [0.1, 0.15) is 0 Å². The van der Waals surface area contributed by atoms with Crippen molar-refractivity contribution in [3.05, 3.63) is 29.3 Å². The molecule has 15 heavy (non-hydrogen) atoms. The van der Waals surface area contributed by atoms with Gasteiger partial charge in [0, 0.05) is 0 Å². The average molecular weight is 249 g/mol. The number of benzene rings is 1. The van der Waals surface area contributed by atoms with E-state index in [4.69, 9.17) is 5.26 Å². The summed E-state index contributed by atoms with van der Waals surface area (Å²) in [6, 6.07) is 5.21. The fourth-order valence-electron chi connectivity index (χ4n) is 1.40. The molecule has 0 unspecified atom stereocenters.